The summed E-state index contributed by atoms with van der Waals surface area (Å²) in [5.74, 6) is 0.220. The second kappa shape index (κ2) is 6.48. The standard InChI is InChI=1S/C15H20N2O4S/c1-10(18)12-5-6-14(22(2,20)21)13(7-12)16-9-15(19)17-8-11-3-4-11/h5-7,11,16H,3-4,8-9H2,1-2H3,(H,17,19). The van der Waals surface area contributed by atoms with Crippen molar-refractivity contribution in [3.05, 3.63) is 23.8 Å². The molecule has 0 atom stereocenters. The summed E-state index contributed by atoms with van der Waals surface area (Å²) >= 11 is 0. The SMILES string of the molecule is CC(=O)c1ccc(S(C)(=O)=O)c(NCC(=O)NCC2CC2)c1. The number of benzene rings is 1. The summed E-state index contributed by atoms with van der Waals surface area (Å²) in [6, 6.07) is 4.32. The number of hydrogen-bond donors (Lipinski definition) is 2. The lowest BCUT2D eigenvalue weighted by atomic mass is 10.1. The van der Waals surface area contributed by atoms with Crippen molar-refractivity contribution in [1.29, 1.82) is 0 Å². The van der Waals surface area contributed by atoms with Crippen LogP contribution in [0.15, 0.2) is 23.1 Å². The molecule has 0 saturated heterocycles. The van der Waals surface area contributed by atoms with Gasteiger partial charge < -0.3 is 10.6 Å². The normalized spacial score (nSPS) is 14.5. The largest absolute Gasteiger partial charge is 0.375 e. The molecule has 1 aromatic carbocycles. The first-order chi connectivity index (χ1) is 10.3. The number of nitrogens with one attached hydrogen (secondary N) is 2. The zero-order valence-corrected chi connectivity index (χ0v) is 13.5. The Labute approximate surface area is 130 Å². The molecule has 0 unspecified atom stereocenters. The van der Waals surface area contributed by atoms with Crippen LogP contribution in [0.3, 0.4) is 0 Å². The smallest absolute Gasteiger partial charge is 0.239 e. The van der Waals surface area contributed by atoms with Crippen LogP contribution < -0.4 is 10.6 Å². The summed E-state index contributed by atoms with van der Waals surface area (Å²) in [4.78, 5) is 23.2. The van der Waals surface area contributed by atoms with E-state index in [2.05, 4.69) is 10.6 Å². The Morgan fingerprint density at radius 2 is 1.95 bits per heavy atom. The van der Waals surface area contributed by atoms with Gasteiger partial charge in [-0.15, -0.1) is 0 Å². The molecule has 1 amide bonds. The summed E-state index contributed by atoms with van der Waals surface area (Å²) in [6.45, 7) is 2.03. The van der Waals surface area contributed by atoms with E-state index in [4.69, 9.17) is 0 Å². The molecule has 7 heteroatoms. The molecule has 0 radical (unpaired) electrons. The fraction of sp³-hybridized carbons (Fsp3) is 0.467. The Bertz CT molecular complexity index is 693. The molecule has 6 nitrogen and oxygen atoms in total. The van der Waals surface area contributed by atoms with E-state index in [1.807, 2.05) is 0 Å². The van der Waals surface area contributed by atoms with Gasteiger partial charge in [0.2, 0.25) is 5.91 Å². The number of carbonyl (C=O) groups is 2. The number of anilines is 1. The maximum absolute atomic E-state index is 11.8. The van der Waals surface area contributed by atoms with Crippen LogP contribution in [0, 0.1) is 5.92 Å². The highest BCUT2D eigenvalue weighted by molar-refractivity contribution is 7.90. The minimum atomic E-state index is -3.45. The van der Waals surface area contributed by atoms with Crippen molar-refractivity contribution in [3.63, 3.8) is 0 Å². The zero-order chi connectivity index (χ0) is 16.3. The van der Waals surface area contributed by atoms with Gasteiger partial charge in [-0.05, 0) is 43.9 Å². The molecule has 2 rings (SSSR count). The van der Waals surface area contributed by atoms with E-state index in [0.717, 1.165) is 19.1 Å². The molecule has 0 heterocycles. The first kappa shape index (κ1) is 16.5. The third-order valence-corrected chi connectivity index (χ3v) is 4.66. The lowest BCUT2D eigenvalue weighted by molar-refractivity contribution is -0.119. The van der Waals surface area contributed by atoms with E-state index < -0.39 is 9.84 Å². The van der Waals surface area contributed by atoms with Crippen molar-refractivity contribution >= 4 is 27.2 Å². The van der Waals surface area contributed by atoms with Crippen LogP contribution in [0.5, 0.6) is 0 Å². The predicted molar refractivity (Wildman–Crippen MR) is 83.8 cm³/mol. The van der Waals surface area contributed by atoms with Crippen molar-refractivity contribution < 1.29 is 18.0 Å². The highest BCUT2D eigenvalue weighted by atomic mass is 32.2. The Hall–Kier alpha value is -1.89. The number of rotatable bonds is 7. The molecule has 1 aliphatic rings. The van der Waals surface area contributed by atoms with Gasteiger partial charge in [0.15, 0.2) is 15.6 Å². The average Bonchev–Trinajstić information content (AvgIpc) is 3.25. The lowest BCUT2D eigenvalue weighted by Crippen LogP contribution is -2.31. The van der Waals surface area contributed by atoms with Gasteiger partial charge in [-0.2, -0.15) is 0 Å². The van der Waals surface area contributed by atoms with E-state index in [1.54, 1.807) is 0 Å². The molecule has 0 spiro atoms. The zero-order valence-electron chi connectivity index (χ0n) is 12.7. The van der Waals surface area contributed by atoms with E-state index in [0.29, 0.717) is 18.0 Å². The van der Waals surface area contributed by atoms with Gasteiger partial charge in [0.1, 0.15) is 0 Å². The molecular weight excluding hydrogens is 304 g/mol. The van der Waals surface area contributed by atoms with E-state index >= 15 is 0 Å². The summed E-state index contributed by atoms with van der Waals surface area (Å²) in [5.41, 5.74) is 0.671. The minimum absolute atomic E-state index is 0.0312. The van der Waals surface area contributed by atoms with Crippen molar-refractivity contribution in [2.75, 3.05) is 24.7 Å². The number of ketones is 1. The summed E-state index contributed by atoms with van der Waals surface area (Å²) in [5, 5.41) is 5.61. The monoisotopic (exact) mass is 324 g/mol. The van der Waals surface area contributed by atoms with E-state index in [9.17, 15) is 18.0 Å². The van der Waals surface area contributed by atoms with Crippen LogP contribution in [-0.4, -0.2) is 39.5 Å². The topological polar surface area (TPSA) is 92.3 Å². The third-order valence-electron chi connectivity index (χ3n) is 3.51. The van der Waals surface area contributed by atoms with Crippen molar-refractivity contribution in [2.24, 2.45) is 5.92 Å². The van der Waals surface area contributed by atoms with Gasteiger partial charge in [-0.25, -0.2) is 8.42 Å². The van der Waals surface area contributed by atoms with Crippen molar-refractivity contribution in [2.45, 2.75) is 24.7 Å². The maximum atomic E-state index is 11.8. The molecule has 1 saturated carbocycles. The maximum Gasteiger partial charge on any atom is 0.239 e. The number of hydrogen-bond acceptors (Lipinski definition) is 5. The highest BCUT2D eigenvalue weighted by Crippen LogP contribution is 2.27. The molecule has 1 aliphatic carbocycles. The number of Topliss-reactive ketones (excluding diaryl/α,β-unsaturated/α-hetero) is 1. The molecule has 1 fully saturated rings. The number of sulfone groups is 1. The summed E-state index contributed by atoms with van der Waals surface area (Å²) < 4.78 is 23.6. The molecule has 2 N–H and O–H groups in total. The second-order valence-corrected chi connectivity index (χ2v) is 7.62. The fourth-order valence-corrected chi connectivity index (χ4v) is 2.87. The van der Waals surface area contributed by atoms with Gasteiger partial charge in [0.25, 0.3) is 0 Å². The van der Waals surface area contributed by atoms with Crippen LogP contribution in [0.2, 0.25) is 0 Å². The van der Waals surface area contributed by atoms with Crippen molar-refractivity contribution in [3.8, 4) is 0 Å². The Morgan fingerprint density at radius 3 is 2.50 bits per heavy atom. The van der Waals surface area contributed by atoms with Gasteiger partial charge in [-0.1, -0.05) is 0 Å². The van der Waals surface area contributed by atoms with Gasteiger partial charge in [-0.3, -0.25) is 9.59 Å². The van der Waals surface area contributed by atoms with E-state index in [1.165, 1.54) is 25.1 Å². The first-order valence-electron chi connectivity index (χ1n) is 7.13. The van der Waals surface area contributed by atoms with E-state index in [-0.39, 0.29) is 28.8 Å². The second-order valence-electron chi connectivity index (χ2n) is 5.64. The van der Waals surface area contributed by atoms with Crippen molar-refractivity contribution in [1.82, 2.24) is 5.32 Å². The van der Waals surface area contributed by atoms with Gasteiger partial charge >= 0.3 is 0 Å². The summed E-state index contributed by atoms with van der Waals surface area (Å²) in [6.07, 6.45) is 3.38. The Balaban J connectivity index is 2.10. The molecule has 0 bridgehead atoms. The average molecular weight is 324 g/mol. The van der Waals surface area contributed by atoms with Crippen LogP contribution in [-0.2, 0) is 14.6 Å². The Kier molecular flexibility index (Phi) is 4.85. The minimum Gasteiger partial charge on any atom is -0.375 e. The molecule has 22 heavy (non-hydrogen) atoms. The molecule has 120 valence electrons. The van der Waals surface area contributed by atoms with Crippen LogP contribution in [0.1, 0.15) is 30.1 Å². The molecular formula is C15H20N2O4S. The lowest BCUT2D eigenvalue weighted by Gasteiger charge is -2.12. The number of amides is 1. The molecule has 0 aliphatic heterocycles. The van der Waals surface area contributed by atoms with Gasteiger partial charge in [0, 0.05) is 18.4 Å². The summed E-state index contributed by atoms with van der Waals surface area (Å²) in [7, 11) is -3.45. The molecule has 1 aromatic rings. The van der Waals surface area contributed by atoms with Crippen LogP contribution in [0.4, 0.5) is 5.69 Å². The predicted octanol–water partition coefficient (Wildman–Crippen LogP) is 1.23. The quantitative estimate of drug-likeness (QED) is 0.736. The van der Waals surface area contributed by atoms with Crippen LogP contribution in [0.25, 0.3) is 0 Å². The highest BCUT2D eigenvalue weighted by Gasteiger charge is 2.21. The Morgan fingerprint density at radius 1 is 1.27 bits per heavy atom. The fourth-order valence-electron chi connectivity index (χ4n) is 2.03. The molecule has 0 aromatic heterocycles. The first-order valence-corrected chi connectivity index (χ1v) is 9.02. The van der Waals surface area contributed by atoms with Crippen LogP contribution >= 0.6 is 0 Å². The van der Waals surface area contributed by atoms with Gasteiger partial charge in [0.05, 0.1) is 17.1 Å². The third kappa shape index (κ3) is 4.56. The number of carbonyl (C=O) groups excluding carboxylic acids is 2.